The largest absolute Gasteiger partial charge is 0.309 e. The van der Waals surface area contributed by atoms with Crippen molar-refractivity contribution in [2.24, 2.45) is 0 Å². The van der Waals surface area contributed by atoms with Crippen molar-refractivity contribution in [3.05, 3.63) is 44.7 Å². The number of nitro groups is 1. The number of aromatic nitrogens is 1. The number of nitro benzene ring substituents is 1. The molecule has 2 aromatic rings. The molecular formula is C11H10FN3O4S2. The maximum Gasteiger partial charge on any atom is 0.309 e. The van der Waals surface area contributed by atoms with E-state index in [4.69, 9.17) is 0 Å². The molecule has 0 aliphatic heterocycles. The van der Waals surface area contributed by atoms with Crippen LogP contribution in [0.2, 0.25) is 0 Å². The van der Waals surface area contributed by atoms with Gasteiger partial charge in [0.15, 0.2) is 5.13 Å². The van der Waals surface area contributed by atoms with E-state index in [0.717, 1.165) is 17.4 Å². The van der Waals surface area contributed by atoms with Gasteiger partial charge in [-0.05, 0) is 25.5 Å². The smallest absolute Gasteiger partial charge is 0.258 e. The Morgan fingerprint density at radius 2 is 2.10 bits per heavy atom. The molecule has 2 rings (SSSR count). The van der Waals surface area contributed by atoms with Crippen molar-refractivity contribution in [3.63, 3.8) is 0 Å². The fourth-order valence-corrected chi connectivity index (χ4v) is 4.24. The summed E-state index contributed by atoms with van der Waals surface area (Å²) in [7, 11) is -4.09. The first-order valence-corrected chi connectivity index (χ1v) is 7.96. The number of hydrogen-bond donors (Lipinski definition) is 1. The molecule has 0 aliphatic rings. The molecule has 0 bridgehead atoms. The van der Waals surface area contributed by atoms with E-state index in [2.05, 4.69) is 9.71 Å². The van der Waals surface area contributed by atoms with Crippen LogP contribution < -0.4 is 4.72 Å². The van der Waals surface area contributed by atoms with E-state index < -0.39 is 26.5 Å². The van der Waals surface area contributed by atoms with Crippen molar-refractivity contribution in [2.45, 2.75) is 18.7 Å². The third-order valence-electron chi connectivity index (χ3n) is 2.73. The Morgan fingerprint density at radius 1 is 1.43 bits per heavy atom. The summed E-state index contributed by atoms with van der Waals surface area (Å²) >= 11 is 1.06. The second-order valence-corrected chi connectivity index (χ2v) is 6.69. The van der Waals surface area contributed by atoms with Gasteiger partial charge in [-0.25, -0.2) is 13.4 Å². The molecule has 0 spiro atoms. The Hall–Kier alpha value is -2.07. The predicted octanol–water partition coefficient (Wildman–Crippen LogP) is 2.61. The molecule has 0 atom stereocenters. The molecular weight excluding hydrogens is 321 g/mol. The average molecular weight is 331 g/mol. The van der Waals surface area contributed by atoms with E-state index >= 15 is 0 Å². The number of rotatable bonds is 4. The number of benzene rings is 1. The van der Waals surface area contributed by atoms with E-state index in [1.807, 2.05) is 0 Å². The molecule has 0 aliphatic carbocycles. The summed E-state index contributed by atoms with van der Waals surface area (Å²) < 4.78 is 40.5. The van der Waals surface area contributed by atoms with Crippen LogP contribution in [0.4, 0.5) is 15.2 Å². The van der Waals surface area contributed by atoms with Gasteiger partial charge in [0.05, 0.1) is 10.5 Å². The Balaban J connectivity index is 2.63. The minimum Gasteiger partial charge on any atom is -0.258 e. The van der Waals surface area contributed by atoms with Gasteiger partial charge < -0.3 is 0 Å². The summed E-state index contributed by atoms with van der Waals surface area (Å²) in [6, 6.07) is 0.835. The molecule has 0 amide bonds. The molecule has 112 valence electrons. The summed E-state index contributed by atoms with van der Waals surface area (Å²) in [6.07, 6.45) is 1.41. The Kier molecular flexibility index (Phi) is 3.92. The van der Waals surface area contributed by atoms with Gasteiger partial charge in [0.2, 0.25) is 5.82 Å². The molecule has 1 aromatic heterocycles. The van der Waals surface area contributed by atoms with Gasteiger partial charge in [0.25, 0.3) is 10.0 Å². The van der Waals surface area contributed by atoms with Crippen LogP contribution in [0.1, 0.15) is 11.1 Å². The molecule has 21 heavy (non-hydrogen) atoms. The van der Waals surface area contributed by atoms with Crippen LogP contribution in [-0.4, -0.2) is 18.3 Å². The minimum absolute atomic E-state index is 0.0830. The Labute approximate surface area is 123 Å². The standard InChI is InChI=1S/C11H10FN3O4S2/c1-6-5-8(12)9(15(16)17)7(2)10(6)21(18,19)14-11-13-3-4-20-11/h3-5H,1-2H3,(H,13,14). The quantitative estimate of drug-likeness (QED) is 0.685. The van der Waals surface area contributed by atoms with E-state index in [1.54, 1.807) is 5.38 Å². The lowest BCUT2D eigenvalue weighted by Crippen LogP contribution is -2.17. The van der Waals surface area contributed by atoms with Crippen LogP contribution in [0.3, 0.4) is 0 Å². The van der Waals surface area contributed by atoms with Gasteiger partial charge in [0, 0.05) is 11.6 Å². The van der Waals surface area contributed by atoms with Crippen molar-refractivity contribution >= 4 is 32.2 Å². The molecule has 1 aromatic carbocycles. The number of halogens is 1. The van der Waals surface area contributed by atoms with E-state index in [0.29, 0.717) is 0 Å². The average Bonchev–Trinajstić information content (AvgIpc) is 2.78. The maximum atomic E-state index is 13.6. The third kappa shape index (κ3) is 2.85. The zero-order valence-electron chi connectivity index (χ0n) is 11.0. The summed E-state index contributed by atoms with van der Waals surface area (Å²) in [5.74, 6) is -1.07. The number of sulfonamides is 1. The van der Waals surface area contributed by atoms with Gasteiger partial charge >= 0.3 is 5.69 Å². The lowest BCUT2D eigenvalue weighted by Gasteiger charge is -2.12. The summed E-state index contributed by atoms with van der Waals surface area (Å²) in [4.78, 5) is 13.4. The molecule has 1 N–H and O–H groups in total. The highest BCUT2D eigenvalue weighted by Gasteiger charge is 2.29. The van der Waals surface area contributed by atoms with Crippen LogP contribution >= 0.6 is 11.3 Å². The molecule has 0 fully saturated rings. The van der Waals surface area contributed by atoms with Crippen LogP contribution in [0, 0.1) is 29.8 Å². The van der Waals surface area contributed by atoms with E-state index in [9.17, 15) is 22.9 Å². The highest BCUT2D eigenvalue weighted by atomic mass is 32.2. The van der Waals surface area contributed by atoms with Crippen molar-refractivity contribution in [2.75, 3.05) is 4.72 Å². The maximum absolute atomic E-state index is 13.6. The van der Waals surface area contributed by atoms with Gasteiger partial charge in [-0.15, -0.1) is 11.3 Å². The number of nitrogens with zero attached hydrogens (tertiary/aromatic N) is 2. The lowest BCUT2D eigenvalue weighted by molar-refractivity contribution is -0.388. The molecule has 1 heterocycles. The number of hydrogen-bond acceptors (Lipinski definition) is 6. The van der Waals surface area contributed by atoms with Crippen LogP contribution in [0.25, 0.3) is 0 Å². The van der Waals surface area contributed by atoms with E-state index in [1.165, 1.54) is 20.0 Å². The van der Waals surface area contributed by atoms with Crippen molar-refractivity contribution in [3.8, 4) is 0 Å². The second kappa shape index (κ2) is 5.37. The monoisotopic (exact) mass is 331 g/mol. The molecule has 0 saturated carbocycles. The fraction of sp³-hybridized carbons (Fsp3) is 0.182. The van der Waals surface area contributed by atoms with Crippen molar-refractivity contribution < 1.29 is 17.7 Å². The zero-order valence-corrected chi connectivity index (χ0v) is 12.6. The minimum atomic E-state index is -4.09. The normalized spacial score (nSPS) is 11.4. The first-order valence-electron chi connectivity index (χ1n) is 5.60. The summed E-state index contributed by atoms with van der Waals surface area (Å²) in [5.41, 5.74) is -1.01. The Bertz CT molecular complexity index is 803. The number of aryl methyl sites for hydroxylation is 1. The molecule has 0 unspecified atom stereocenters. The van der Waals surface area contributed by atoms with Crippen LogP contribution in [0.15, 0.2) is 22.5 Å². The fourth-order valence-electron chi connectivity index (χ4n) is 1.98. The molecule has 0 radical (unpaired) electrons. The van der Waals surface area contributed by atoms with Crippen LogP contribution in [0.5, 0.6) is 0 Å². The molecule has 10 heteroatoms. The number of anilines is 1. The highest BCUT2D eigenvalue weighted by molar-refractivity contribution is 7.93. The topological polar surface area (TPSA) is 102 Å². The third-order valence-corrected chi connectivity index (χ3v) is 5.17. The molecule has 0 saturated heterocycles. The highest BCUT2D eigenvalue weighted by Crippen LogP contribution is 2.32. The lowest BCUT2D eigenvalue weighted by atomic mass is 10.1. The number of thiazole rings is 1. The predicted molar refractivity (Wildman–Crippen MR) is 75.5 cm³/mol. The van der Waals surface area contributed by atoms with E-state index in [-0.39, 0.29) is 21.2 Å². The summed E-state index contributed by atoms with van der Waals surface area (Å²) in [5, 5.41) is 12.6. The van der Waals surface area contributed by atoms with Crippen molar-refractivity contribution in [1.82, 2.24) is 4.98 Å². The zero-order chi connectivity index (χ0) is 15.8. The van der Waals surface area contributed by atoms with Gasteiger partial charge in [-0.2, -0.15) is 4.39 Å². The second-order valence-electron chi connectivity index (χ2n) is 4.18. The van der Waals surface area contributed by atoms with Crippen LogP contribution in [-0.2, 0) is 10.0 Å². The summed E-state index contributed by atoms with van der Waals surface area (Å²) in [6.45, 7) is 2.57. The van der Waals surface area contributed by atoms with Crippen molar-refractivity contribution in [1.29, 1.82) is 0 Å². The number of nitrogens with one attached hydrogen (secondary N) is 1. The first kappa shape index (κ1) is 15.3. The molecule has 7 nitrogen and oxygen atoms in total. The first-order chi connectivity index (χ1) is 9.74. The van der Waals surface area contributed by atoms with Gasteiger partial charge in [0.1, 0.15) is 4.90 Å². The van der Waals surface area contributed by atoms with Gasteiger partial charge in [-0.3, -0.25) is 14.8 Å². The van der Waals surface area contributed by atoms with Gasteiger partial charge in [-0.1, -0.05) is 0 Å². The SMILES string of the molecule is Cc1cc(F)c([N+](=O)[O-])c(C)c1S(=O)(=O)Nc1nccs1. The Morgan fingerprint density at radius 3 is 2.62 bits per heavy atom.